The van der Waals surface area contributed by atoms with Crippen LogP contribution in [0, 0.1) is 0 Å². The maximum absolute atomic E-state index is 12.2. The van der Waals surface area contributed by atoms with Gasteiger partial charge in [-0.3, -0.25) is 0 Å². The molecule has 0 atom stereocenters. The number of nitrogens with zero attached hydrogens (tertiary/aromatic N) is 1. The van der Waals surface area contributed by atoms with Crippen molar-refractivity contribution in [1.82, 2.24) is 4.98 Å². The number of hydrogen-bond donors (Lipinski definition) is 1. The maximum atomic E-state index is 12.2. The summed E-state index contributed by atoms with van der Waals surface area (Å²) in [5, 5.41) is 8.86. The van der Waals surface area contributed by atoms with Crippen molar-refractivity contribution in [2.75, 3.05) is 0 Å². The van der Waals surface area contributed by atoms with E-state index < -0.39 is 12.1 Å². The second-order valence-electron chi connectivity index (χ2n) is 2.26. The minimum Gasteiger partial charge on any atom is -0.506 e. The van der Waals surface area contributed by atoms with Crippen LogP contribution in [0.3, 0.4) is 0 Å². The zero-order valence-electron chi connectivity index (χ0n) is 6.27. The van der Waals surface area contributed by atoms with E-state index in [0.717, 1.165) is 6.07 Å². The first kappa shape index (κ1) is 10.5. The first-order valence-corrected chi connectivity index (χ1v) is 4.20. The SMILES string of the molecule is Oc1cc(Cl)c(C(F)F)nc1CCl. The van der Waals surface area contributed by atoms with Gasteiger partial charge in [0, 0.05) is 6.07 Å². The molecular weight excluding hydrogens is 223 g/mol. The molecule has 0 aliphatic heterocycles. The van der Waals surface area contributed by atoms with Crippen molar-refractivity contribution in [2.45, 2.75) is 12.3 Å². The number of pyridine rings is 1. The molecule has 6 heteroatoms. The number of alkyl halides is 3. The van der Waals surface area contributed by atoms with Gasteiger partial charge in [0.25, 0.3) is 6.43 Å². The molecule has 1 aromatic rings. The molecule has 72 valence electrons. The van der Waals surface area contributed by atoms with Gasteiger partial charge in [-0.1, -0.05) is 11.6 Å². The fraction of sp³-hybridized carbons (Fsp3) is 0.286. The first-order valence-electron chi connectivity index (χ1n) is 3.28. The summed E-state index contributed by atoms with van der Waals surface area (Å²) in [6.45, 7) is 0. The van der Waals surface area contributed by atoms with Gasteiger partial charge in [0.15, 0.2) is 0 Å². The molecule has 13 heavy (non-hydrogen) atoms. The monoisotopic (exact) mass is 227 g/mol. The van der Waals surface area contributed by atoms with E-state index in [1.807, 2.05) is 0 Å². The number of rotatable bonds is 2. The summed E-state index contributed by atoms with van der Waals surface area (Å²) in [6.07, 6.45) is -2.77. The van der Waals surface area contributed by atoms with Crippen LogP contribution in [0.25, 0.3) is 0 Å². The fourth-order valence-electron chi connectivity index (χ4n) is 0.785. The topological polar surface area (TPSA) is 33.1 Å². The average molecular weight is 228 g/mol. The van der Waals surface area contributed by atoms with Gasteiger partial charge in [-0.25, -0.2) is 13.8 Å². The highest BCUT2D eigenvalue weighted by molar-refractivity contribution is 6.31. The van der Waals surface area contributed by atoms with E-state index in [2.05, 4.69) is 4.98 Å². The van der Waals surface area contributed by atoms with Crippen molar-refractivity contribution < 1.29 is 13.9 Å². The van der Waals surface area contributed by atoms with Crippen molar-refractivity contribution in [3.63, 3.8) is 0 Å². The molecule has 0 amide bonds. The minimum atomic E-state index is -2.77. The van der Waals surface area contributed by atoms with Crippen LogP contribution in [0.4, 0.5) is 8.78 Å². The van der Waals surface area contributed by atoms with Crippen molar-refractivity contribution in [3.8, 4) is 5.75 Å². The molecule has 1 heterocycles. The lowest BCUT2D eigenvalue weighted by molar-refractivity contribution is 0.146. The molecule has 0 unspecified atom stereocenters. The van der Waals surface area contributed by atoms with Crippen LogP contribution in [-0.4, -0.2) is 10.1 Å². The predicted molar refractivity (Wildman–Crippen MR) is 45.4 cm³/mol. The van der Waals surface area contributed by atoms with Crippen molar-refractivity contribution in [3.05, 3.63) is 22.5 Å². The van der Waals surface area contributed by atoms with Gasteiger partial charge in [-0.05, 0) is 0 Å². The Bertz CT molecular complexity index is 320. The van der Waals surface area contributed by atoms with Crippen LogP contribution in [0.5, 0.6) is 5.75 Å². The largest absolute Gasteiger partial charge is 0.506 e. The van der Waals surface area contributed by atoms with Gasteiger partial charge in [-0.15, -0.1) is 11.6 Å². The second-order valence-corrected chi connectivity index (χ2v) is 2.93. The molecule has 0 radical (unpaired) electrons. The van der Waals surface area contributed by atoms with Gasteiger partial charge in [0.1, 0.15) is 11.4 Å². The van der Waals surface area contributed by atoms with Crippen LogP contribution < -0.4 is 0 Å². The summed E-state index contributed by atoms with van der Waals surface area (Å²) in [5.74, 6) is -0.410. The molecule has 0 saturated carbocycles. The van der Waals surface area contributed by atoms with Crippen LogP contribution in [0.15, 0.2) is 6.07 Å². The summed E-state index contributed by atoms with van der Waals surface area (Å²) in [7, 11) is 0. The lowest BCUT2D eigenvalue weighted by atomic mass is 10.3. The van der Waals surface area contributed by atoms with Gasteiger partial charge >= 0.3 is 0 Å². The Morgan fingerprint density at radius 2 is 2.15 bits per heavy atom. The zero-order valence-corrected chi connectivity index (χ0v) is 7.78. The summed E-state index contributed by atoms with van der Waals surface area (Å²) < 4.78 is 24.4. The average Bonchev–Trinajstić information content (AvgIpc) is 2.03. The van der Waals surface area contributed by atoms with Gasteiger partial charge in [-0.2, -0.15) is 0 Å². The molecule has 0 aliphatic rings. The highest BCUT2D eigenvalue weighted by Gasteiger charge is 2.16. The number of hydrogen-bond acceptors (Lipinski definition) is 2. The Kier molecular flexibility index (Phi) is 3.27. The molecule has 0 spiro atoms. The number of halogens is 4. The van der Waals surface area contributed by atoms with E-state index >= 15 is 0 Å². The van der Waals surface area contributed by atoms with E-state index in [1.54, 1.807) is 0 Å². The van der Waals surface area contributed by atoms with E-state index in [9.17, 15) is 8.78 Å². The standard InChI is InChI=1S/C7H5Cl2F2NO/c8-2-4-5(13)1-3(9)6(12-4)7(10)11/h1,7,13H,2H2. The third-order valence-corrected chi connectivity index (χ3v) is 1.95. The number of aromatic hydroxyl groups is 1. The molecule has 0 aliphatic carbocycles. The fourth-order valence-corrected chi connectivity index (χ4v) is 1.21. The lowest BCUT2D eigenvalue weighted by Gasteiger charge is -2.05. The molecule has 0 bridgehead atoms. The van der Waals surface area contributed by atoms with Crippen molar-refractivity contribution in [2.24, 2.45) is 0 Å². The minimum absolute atomic E-state index is 0.00127. The highest BCUT2D eigenvalue weighted by Crippen LogP contribution is 2.30. The molecule has 0 aromatic carbocycles. The molecule has 0 fully saturated rings. The van der Waals surface area contributed by atoms with E-state index in [4.69, 9.17) is 28.3 Å². The molecular formula is C7H5Cl2F2NO. The van der Waals surface area contributed by atoms with Crippen LogP contribution in [0.1, 0.15) is 17.8 Å². The Morgan fingerprint density at radius 3 is 2.62 bits per heavy atom. The molecule has 1 N–H and O–H groups in total. The van der Waals surface area contributed by atoms with Gasteiger partial charge < -0.3 is 5.11 Å². The van der Waals surface area contributed by atoms with E-state index in [-0.39, 0.29) is 22.3 Å². The smallest absolute Gasteiger partial charge is 0.281 e. The molecule has 1 rings (SSSR count). The zero-order chi connectivity index (χ0) is 10.0. The normalized spacial score (nSPS) is 10.8. The highest BCUT2D eigenvalue weighted by atomic mass is 35.5. The number of aromatic nitrogens is 1. The quantitative estimate of drug-likeness (QED) is 0.788. The Hall–Kier alpha value is -0.610. The Labute approximate surface area is 83.1 Å². The summed E-state index contributed by atoms with van der Waals surface area (Å²) in [6, 6.07) is 1.01. The second kappa shape index (κ2) is 4.07. The summed E-state index contributed by atoms with van der Waals surface area (Å²) in [4.78, 5) is 3.43. The predicted octanol–water partition coefficient (Wildman–Crippen LogP) is 3.12. The molecule has 2 nitrogen and oxygen atoms in total. The van der Waals surface area contributed by atoms with E-state index in [1.165, 1.54) is 0 Å². The van der Waals surface area contributed by atoms with Gasteiger partial charge in [0.2, 0.25) is 0 Å². The van der Waals surface area contributed by atoms with Crippen molar-refractivity contribution >= 4 is 23.2 Å². The summed E-state index contributed by atoms with van der Waals surface area (Å²) >= 11 is 10.8. The van der Waals surface area contributed by atoms with Gasteiger partial charge in [0.05, 0.1) is 16.6 Å². The Morgan fingerprint density at radius 1 is 1.54 bits per heavy atom. The van der Waals surface area contributed by atoms with E-state index in [0.29, 0.717) is 0 Å². The summed E-state index contributed by atoms with van der Waals surface area (Å²) in [5.41, 5.74) is -0.559. The maximum Gasteiger partial charge on any atom is 0.281 e. The molecule has 0 saturated heterocycles. The first-order chi connectivity index (χ1) is 6.06. The lowest BCUT2D eigenvalue weighted by Crippen LogP contribution is -1.96. The van der Waals surface area contributed by atoms with Crippen molar-refractivity contribution in [1.29, 1.82) is 0 Å². The molecule has 1 aromatic heterocycles. The van der Waals surface area contributed by atoms with Crippen LogP contribution in [0.2, 0.25) is 5.02 Å². The third kappa shape index (κ3) is 2.19. The van der Waals surface area contributed by atoms with Crippen LogP contribution in [-0.2, 0) is 5.88 Å². The Balaban J connectivity index is 3.22. The van der Waals surface area contributed by atoms with Crippen LogP contribution >= 0.6 is 23.2 Å². The third-order valence-electron chi connectivity index (χ3n) is 1.39.